The van der Waals surface area contributed by atoms with Gasteiger partial charge in [-0.2, -0.15) is 0 Å². The van der Waals surface area contributed by atoms with Gasteiger partial charge in [0.05, 0.1) is 0 Å². The van der Waals surface area contributed by atoms with Gasteiger partial charge in [0.1, 0.15) is 5.41 Å². The number of carbonyl (C=O) groups excluding carboxylic acids is 2. The van der Waals surface area contributed by atoms with Crippen molar-refractivity contribution < 1.29 is 9.59 Å². The first-order valence-corrected chi connectivity index (χ1v) is 10.1. The standard InChI is InChI=1S/C21H29N3O2/c1-4-5-14-6-8-15(9-7-14)16-10-12-21(13-11-16)17(22-2)19(25)24-20(26)18(21)23-3/h14-18H,4-13H2,1H3,(H,24,25,26). The molecule has 0 aromatic rings. The minimum Gasteiger partial charge on any atom is -0.302 e. The Bertz CT molecular complexity index is 595. The fourth-order valence-electron chi connectivity index (χ4n) is 5.86. The lowest BCUT2D eigenvalue weighted by Gasteiger charge is -2.44. The molecule has 1 N–H and O–H groups in total. The number of nitrogens with one attached hydrogen (secondary N) is 1. The van der Waals surface area contributed by atoms with E-state index in [9.17, 15) is 9.59 Å². The molecule has 0 aromatic heterocycles. The summed E-state index contributed by atoms with van der Waals surface area (Å²) in [5.41, 5.74) is -0.765. The number of carbonyl (C=O) groups is 2. The lowest BCUT2D eigenvalue weighted by Crippen LogP contribution is -2.63. The maximum Gasteiger partial charge on any atom is 0.314 e. The van der Waals surface area contributed by atoms with Gasteiger partial charge in [0.15, 0.2) is 0 Å². The van der Waals surface area contributed by atoms with E-state index in [4.69, 9.17) is 13.1 Å². The number of imide groups is 1. The Hall–Kier alpha value is -1.88. The van der Waals surface area contributed by atoms with Crippen LogP contribution in [0.5, 0.6) is 0 Å². The molecule has 1 spiro atoms. The van der Waals surface area contributed by atoms with Gasteiger partial charge in [-0.05, 0) is 56.3 Å². The third kappa shape index (κ3) is 3.25. The van der Waals surface area contributed by atoms with E-state index >= 15 is 0 Å². The molecule has 1 aliphatic heterocycles. The highest BCUT2D eigenvalue weighted by atomic mass is 16.2. The summed E-state index contributed by atoms with van der Waals surface area (Å²) in [6.07, 6.45) is 11.1. The first-order valence-electron chi connectivity index (χ1n) is 10.1. The molecule has 3 fully saturated rings. The van der Waals surface area contributed by atoms with Gasteiger partial charge in [-0.3, -0.25) is 14.9 Å². The van der Waals surface area contributed by atoms with Gasteiger partial charge in [-0.1, -0.05) is 32.6 Å². The van der Waals surface area contributed by atoms with E-state index < -0.39 is 29.3 Å². The number of piperidine rings is 1. The summed E-state index contributed by atoms with van der Waals surface area (Å²) in [5.74, 6) is 1.27. The van der Waals surface area contributed by atoms with E-state index in [-0.39, 0.29) is 0 Å². The van der Waals surface area contributed by atoms with Crippen molar-refractivity contribution in [2.45, 2.75) is 83.2 Å². The maximum atomic E-state index is 12.2. The molecular formula is C21H29N3O2. The van der Waals surface area contributed by atoms with E-state index in [2.05, 4.69) is 21.9 Å². The predicted octanol–water partition coefficient (Wildman–Crippen LogP) is 4.00. The molecule has 140 valence electrons. The number of nitrogens with zero attached hydrogens (tertiary/aromatic N) is 2. The molecule has 0 bridgehead atoms. The van der Waals surface area contributed by atoms with Gasteiger partial charge in [-0.25, -0.2) is 13.1 Å². The zero-order valence-corrected chi connectivity index (χ0v) is 15.7. The zero-order chi connectivity index (χ0) is 18.7. The largest absolute Gasteiger partial charge is 0.314 e. The SMILES string of the molecule is [C-]#[N+]C1C(=O)NC(=O)C([N+]#[C-])C12CCC(C1CCC(CCC)CC1)CC2. The molecular weight excluding hydrogens is 326 g/mol. The Morgan fingerprint density at radius 2 is 1.42 bits per heavy atom. The van der Waals surface area contributed by atoms with Crippen LogP contribution in [0.2, 0.25) is 0 Å². The number of hydrogen-bond acceptors (Lipinski definition) is 2. The lowest BCUT2D eigenvalue weighted by molar-refractivity contribution is -0.141. The van der Waals surface area contributed by atoms with Crippen molar-refractivity contribution in [3.8, 4) is 0 Å². The monoisotopic (exact) mass is 355 g/mol. The lowest BCUT2D eigenvalue weighted by atomic mass is 9.58. The summed E-state index contributed by atoms with van der Waals surface area (Å²) in [4.78, 5) is 31.5. The molecule has 2 aliphatic carbocycles. The van der Waals surface area contributed by atoms with Crippen molar-refractivity contribution >= 4 is 11.8 Å². The minimum absolute atomic E-state index is 0.497. The van der Waals surface area contributed by atoms with Crippen LogP contribution < -0.4 is 5.32 Å². The molecule has 26 heavy (non-hydrogen) atoms. The van der Waals surface area contributed by atoms with E-state index in [1.807, 2.05) is 0 Å². The highest BCUT2D eigenvalue weighted by Gasteiger charge is 2.65. The van der Waals surface area contributed by atoms with Crippen LogP contribution in [-0.2, 0) is 9.59 Å². The Morgan fingerprint density at radius 3 is 1.88 bits per heavy atom. The van der Waals surface area contributed by atoms with E-state index in [1.165, 1.54) is 38.5 Å². The molecule has 2 unspecified atom stereocenters. The Labute approximate surface area is 156 Å². The highest BCUT2D eigenvalue weighted by Crippen LogP contribution is 2.51. The molecule has 3 aliphatic rings. The van der Waals surface area contributed by atoms with Crippen molar-refractivity contribution in [2.75, 3.05) is 0 Å². The number of amides is 2. The first-order chi connectivity index (χ1) is 12.6. The second-order valence-corrected chi connectivity index (χ2v) is 8.56. The molecule has 0 radical (unpaired) electrons. The molecule has 2 saturated carbocycles. The van der Waals surface area contributed by atoms with Crippen LogP contribution in [0.15, 0.2) is 0 Å². The second kappa shape index (κ2) is 7.78. The average Bonchev–Trinajstić information content (AvgIpc) is 2.64. The molecule has 1 saturated heterocycles. The van der Waals surface area contributed by atoms with Crippen LogP contribution in [0.1, 0.15) is 71.1 Å². The molecule has 0 aromatic carbocycles. The van der Waals surface area contributed by atoms with Crippen LogP contribution >= 0.6 is 0 Å². The van der Waals surface area contributed by atoms with Crippen molar-refractivity contribution in [3.63, 3.8) is 0 Å². The topological polar surface area (TPSA) is 54.9 Å². The van der Waals surface area contributed by atoms with Crippen LogP contribution in [-0.4, -0.2) is 23.9 Å². The van der Waals surface area contributed by atoms with E-state index in [1.54, 1.807) is 0 Å². The second-order valence-electron chi connectivity index (χ2n) is 8.56. The maximum absolute atomic E-state index is 12.2. The van der Waals surface area contributed by atoms with Gasteiger partial charge in [0.2, 0.25) is 0 Å². The van der Waals surface area contributed by atoms with Crippen molar-refractivity contribution in [1.82, 2.24) is 5.32 Å². The first kappa shape index (κ1) is 18.9. The predicted molar refractivity (Wildman–Crippen MR) is 98.7 cm³/mol. The van der Waals surface area contributed by atoms with Crippen LogP contribution in [0.25, 0.3) is 9.69 Å². The van der Waals surface area contributed by atoms with Crippen LogP contribution in [0, 0.1) is 36.3 Å². The zero-order valence-electron chi connectivity index (χ0n) is 15.7. The minimum atomic E-state index is -0.888. The normalized spacial score (nSPS) is 40.5. The third-order valence-corrected chi connectivity index (χ3v) is 7.31. The van der Waals surface area contributed by atoms with Gasteiger partial charge >= 0.3 is 23.9 Å². The third-order valence-electron chi connectivity index (χ3n) is 7.31. The number of hydrogen-bond donors (Lipinski definition) is 1. The van der Waals surface area contributed by atoms with Crippen molar-refractivity contribution in [1.29, 1.82) is 0 Å². The summed E-state index contributed by atoms with van der Waals surface area (Å²) < 4.78 is 0. The van der Waals surface area contributed by atoms with Gasteiger partial charge < -0.3 is 9.69 Å². The Morgan fingerprint density at radius 1 is 0.923 bits per heavy atom. The molecule has 5 heteroatoms. The summed E-state index contributed by atoms with van der Waals surface area (Å²) in [5, 5.41) is 2.24. The van der Waals surface area contributed by atoms with E-state index in [0.29, 0.717) is 18.8 Å². The highest BCUT2D eigenvalue weighted by molar-refractivity contribution is 6.05. The Kier molecular flexibility index (Phi) is 5.66. The van der Waals surface area contributed by atoms with Crippen molar-refractivity contribution in [3.05, 3.63) is 22.8 Å². The summed E-state index contributed by atoms with van der Waals surface area (Å²) in [7, 11) is 0. The molecule has 5 nitrogen and oxygen atoms in total. The molecule has 1 heterocycles. The fourth-order valence-corrected chi connectivity index (χ4v) is 5.86. The molecule has 2 atom stereocenters. The number of rotatable bonds is 3. The van der Waals surface area contributed by atoms with Crippen molar-refractivity contribution in [2.24, 2.45) is 23.2 Å². The Balaban J connectivity index is 1.68. The van der Waals surface area contributed by atoms with Gasteiger partial charge in [0, 0.05) is 0 Å². The van der Waals surface area contributed by atoms with Gasteiger partial charge in [-0.15, -0.1) is 0 Å². The molecule has 2 amide bonds. The average molecular weight is 355 g/mol. The quantitative estimate of drug-likeness (QED) is 0.614. The summed E-state index contributed by atoms with van der Waals surface area (Å²) in [6.45, 7) is 17.2. The smallest absolute Gasteiger partial charge is 0.302 e. The van der Waals surface area contributed by atoms with E-state index in [0.717, 1.165) is 24.7 Å². The van der Waals surface area contributed by atoms with Gasteiger partial charge in [0.25, 0.3) is 0 Å². The van der Waals surface area contributed by atoms with Crippen LogP contribution in [0.4, 0.5) is 0 Å². The fraction of sp³-hybridized carbons (Fsp3) is 0.810. The molecule has 3 rings (SSSR count). The summed E-state index contributed by atoms with van der Waals surface area (Å²) >= 11 is 0. The van der Waals surface area contributed by atoms with Crippen LogP contribution in [0.3, 0.4) is 0 Å². The summed E-state index contributed by atoms with van der Waals surface area (Å²) in [6, 6.07) is -1.78.